The van der Waals surface area contributed by atoms with Crippen molar-refractivity contribution in [3.63, 3.8) is 0 Å². The molecule has 1 aliphatic rings. The van der Waals surface area contributed by atoms with Crippen molar-refractivity contribution < 1.29 is 112 Å². The third-order valence-electron chi connectivity index (χ3n) is 7.36. The number of esters is 1. The topological polar surface area (TPSA) is 201 Å². The molecule has 0 saturated carbocycles. The largest absolute Gasteiger partial charge is 1.00 e. The Morgan fingerprint density at radius 1 is 0.884 bits per heavy atom. The van der Waals surface area contributed by atoms with Crippen LogP contribution in [-0.2, 0) is 46.9 Å². The molecule has 12 nitrogen and oxygen atoms in total. The van der Waals surface area contributed by atoms with Gasteiger partial charge in [-0.15, -0.1) is 0 Å². The Morgan fingerprint density at radius 2 is 1.49 bits per heavy atom. The van der Waals surface area contributed by atoms with Gasteiger partial charge in [-0.1, -0.05) is 12.1 Å². The van der Waals surface area contributed by atoms with E-state index in [-0.39, 0.29) is 89.3 Å². The molecule has 4 rings (SSSR count). The first-order valence-corrected chi connectivity index (χ1v) is 16.5. The second-order valence-electron chi connectivity index (χ2n) is 9.93. The molecule has 0 radical (unpaired) electrons. The fourth-order valence-corrected chi connectivity index (χ4v) is 7.17. The molecule has 0 bridgehead atoms. The molecule has 1 aliphatic heterocycles. The molecule has 0 N–H and O–H groups in total. The van der Waals surface area contributed by atoms with E-state index in [2.05, 4.69) is 0 Å². The van der Waals surface area contributed by atoms with Crippen LogP contribution in [0.2, 0.25) is 0 Å². The Bertz CT molecular complexity index is 1940. The van der Waals surface area contributed by atoms with Crippen LogP contribution >= 0.6 is 0 Å². The molecule has 3 aromatic carbocycles. The zero-order valence-electron chi connectivity index (χ0n) is 24.1. The van der Waals surface area contributed by atoms with Gasteiger partial charge in [0.05, 0.1) is 38.0 Å². The number of benzene rings is 3. The van der Waals surface area contributed by atoms with Crippen LogP contribution in [0.1, 0.15) is 41.8 Å². The Hall–Kier alpha value is -1.21. The van der Waals surface area contributed by atoms with Crippen molar-refractivity contribution >= 4 is 58.5 Å². The van der Waals surface area contributed by atoms with E-state index in [0.29, 0.717) is 28.6 Å². The van der Waals surface area contributed by atoms with Gasteiger partial charge in [-0.2, -0.15) is 4.58 Å². The number of hydrogen-bond acceptors (Lipinski definition) is 11. The van der Waals surface area contributed by atoms with E-state index >= 15 is 0 Å². The average molecular weight is 670 g/mol. The molecule has 220 valence electrons. The Balaban J connectivity index is 0.00000323. The molecule has 1 heterocycles. The third kappa shape index (κ3) is 7.96. The minimum absolute atomic E-state index is 0. The number of carbonyl (C=O) groups is 1. The first-order valence-electron chi connectivity index (χ1n) is 12.1. The van der Waals surface area contributed by atoms with Crippen LogP contribution in [0, 0.1) is 0 Å². The van der Waals surface area contributed by atoms with Crippen LogP contribution in [0.3, 0.4) is 0 Å². The maximum Gasteiger partial charge on any atom is 1.00 e. The van der Waals surface area contributed by atoms with Crippen molar-refractivity contribution in [1.29, 1.82) is 0 Å². The molecular weight excluding hydrogens is 644 g/mol. The minimum atomic E-state index is -5.22. The Kier molecular flexibility index (Phi) is 12.1. The molecular formula is C26H25NNa2O11S3. The van der Waals surface area contributed by atoms with Crippen molar-refractivity contribution in [3.05, 3.63) is 65.2 Å². The molecule has 0 fully saturated rings. The first kappa shape index (κ1) is 38.0. The van der Waals surface area contributed by atoms with E-state index in [4.69, 9.17) is 4.74 Å². The van der Waals surface area contributed by atoms with Crippen LogP contribution in [-0.4, -0.2) is 74.6 Å². The molecule has 0 amide bonds. The van der Waals surface area contributed by atoms with E-state index in [1.807, 2.05) is 0 Å². The van der Waals surface area contributed by atoms with Gasteiger partial charge in [0.15, 0.2) is 5.71 Å². The number of carbonyl (C=O) groups excluding carboxylic acids is 1. The van der Waals surface area contributed by atoms with Crippen LogP contribution in [0.4, 0.5) is 5.69 Å². The maximum absolute atomic E-state index is 12.2. The van der Waals surface area contributed by atoms with Crippen molar-refractivity contribution in [2.75, 3.05) is 19.4 Å². The van der Waals surface area contributed by atoms with Gasteiger partial charge in [-0.25, -0.2) is 30.0 Å². The summed E-state index contributed by atoms with van der Waals surface area (Å²) in [6.45, 7) is 3.62. The van der Waals surface area contributed by atoms with Crippen molar-refractivity contribution in [2.45, 2.75) is 41.9 Å². The van der Waals surface area contributed by atoms with Crippen LogP contribution < -0.4 is 59.1 Å². The summed E-state index contributed by atoms with van der Waals surface area (Å²) in [5.41, 5.74) is 1.53. The van der Waals surface area contributed by atoms with E-state index in [0.717, 1.165) is 11.6 Å². The normalized spacial score (nSPS) is 16.8. The molecule has 0 saturated heterocycles. The quantitative estimate of drug-likeness (QED) is 0.0931. The summed E-state index contributed by atoms with van der Waals surface area (Å²) in [4.78, 5) is 10.1. The van der Waals surface area contributed by atoms with Crippen molar-refractivity contribution in [2.24, 2.45) is 0 Å². The van der Waals surface area contributed by atoms with Gasteiger partial charge in [0.1, 0.15) is 26.8 Å². The van der Waals surface area contributed by atoms with Gasteiger partial charge in [-0.05, 0) is 54.6 Å². The second kappa shape index (κ2) is 13.6. The van der Waals surface area contributed by atoms with Gasteiger partial charge >= 0.3 is 65.1 Å². The number of methoxy groups -OCH3 is 1. The van der Waals surface area contributed by atoms with Crippen molar-refractivity contribution in [3.8, 4) is 0 Å². The van der Waals surface area contributed by atoms with Crippen LogP contribution in [0.5, 0.6) is 0 Å². The third-order valence-corrected chi connectivity index (χ3v) is 9.84. The number of hydrogen-bond donors (Lipinski definition) is 0. The Labute approximate surface area is 294 Å². The predicted molar refractivity (Wildman–Crippen MR) is 143 cm³/mol. The van der Waals surface area contributed by atoms with Gasteiger partial charge < -0.3 is 18.4 Å². The maximum atomic E-state index is 12.2. The molecule has 0 spiro atoms. The number of rotatable bonds is 9. The van der Waals surface area contributed by atoms with E-state index in [9.17, 15) is 43.7 Å². The molecule has 0 aliphatic carbocycles. The average Bonchev–Trinajstić information content (AvgIpc) is 3.08. The first-order chi connectivity index (χ1) is 18.9. The van der Waals surface area contributed by atoms with Gasteiger partial charge in [0.2, 0.25) is 5.69 Å². The summed E-state index contributed by atoms with van der Waals surface area (Å²) < 4.78 is 113. The minimum Gasteiger partial charge on any atom is -0.748 e. The van der Waals surface area contributed by atoms with Gasteiger partial charge in [-0.3, -0.25) is 0 Å². The number of fused-ring (bicyclic) bond motifs is 3. The zero-order chi connectivity index (χ0) is 30.5. The molecule has 1 atom stereocenters. The van der Waals surface area contributed by atoms with Crippen LogP contribution in [0.15, 0.2) is 58.3 Å². The summed E-state index contributed by atoms with van der Waals surface area (Å²) in [5, 5.41) is -0.0453. The molecule has 43 heavy (non-hydrogen) atoms. The van der Waals surface area contributed by atoms with Crippen molar-refractivity contribution in [1.82, 2.24) is 0 Å². The van der Waals surface area contributed by atoms with E-state index in [1.54, 1.807) is 42.7 Å². The second-order valence-corrected chi connectivity index (χ2v) is 14.2. The summed E-state index contributed by atoms with van der Waals surface area (Å²) >= 11 is 0. The zero-order valence-corrected chi connectivity index (χ0v) is 30.6. The predicted octanol–water partition coefficient (Wildman–Crippen LogP) is -4.00. The fourth-order valence-electron chi connectivity index (χ4n) is 5.37. The molecule has 0 aromatic heterocycles. The molecule has 3 aromatic rings. The summed E-state index contributed by atoms with van der Waals surface area (Å²) in [7, 11) is -13.7. The smallest absolute Gasteiger partial charge is 0.748 e. The molecule has 17 heteroatoms. The van der Waals surface area contributed by atoms with Crippen LogP contribution in [0.25, 0.3) is 10.8 Å². The van der Waals surface area contributed by atoms with E-state index < -0.39 is 57.3 Å². The monoisotopic (exact) mass is 669 g/mol. The number of nitrogens with zero attached hydrogens (tertiary/aromatic N) is 1. The standard InChI is InChI=1S/C26H27NO11S3.2Na/c1-16-26(2,15-17-5-7-18(8-6-17)25(28)38-3)24-21-13-19(40(32,33)34)14-23(41(35,36)37)20(21)9-10-22(24)27(16)11-4-12-39(29,30)31;;/h5-10,13-14H,4,11-12,15H2,1-3H3,(H2-,29,30,31,32,33,34,35,36,37);;/q;2*+1/p-2. The SMILES string of the molecule is COC(=O)c1ccc(CC2(C)C(C)=[N+](CCCS(=O)(=O)[O-])c3ccc4c(S(=O)(=O)[O-])cc(S(=O)(=O)[O-])cc4c32)cc1.[Na+].[Na+]. The Morgan fingerprint density at radius 3 is 2.00 bits per heavy atom. The summed E-state index contributed by atoms with van der Waals surface area (Å²) in [6, 6.07) is 10.9. The summed E-state index contributed by atoms with van der Waals surface area (Å²) in [5.74, 6) is -1.18. The van der Waals surface area contributed by atoms with Gasteiger partial charge in [0, 0.05) is 36.1 Å². The molecule has 1 unspecified atom stereocenters. The fraction of sp³-hybridized carbons (Fsp3) is 0.308. The summed E-state index contributed by atoms with van der Waals surface area (Å²) in [6.07, 6.45) is 0.191. The van der Waals surface area contributed by atoms with E-state index in [1.165, 1.54) is 19.2 Å². The van der Waals surface area contributed by atoms with Gasteiger partial charge in [0.25, 0.3) is 0 Å². The number of ether oxygens (including phenoxy) is 1.